The first-order valence-electron chi connectivity index (χ1n) is 9.92. The lowest BCUT2D eigenvalue weighted by Crippen LogP contribution is -2.29. The van der Waals surface area contributed by atoms with Crippen molar-refractivity contribution in [1.82, 2.24) is 10.3 Å². The predicted molar refractivity (Wildman–Crippen MR) is 114 cm³/mol. The van der Waals surface area contributed by atoms with Crippen LogP contribution in [0.2, 0.25) is 0 Å². The number of thiazole rings is 1. The van der Waals surface area contributed by atoms with E-state index in [2.05, 4.69) is 17.2 Å². The number of amides is 1. The van der Waals surface area contributed by atoms with Gasteiger partial charge in [-0.25, -0.2) is 13.8 Å². The minimum absolute atomic E-state index is 0.0750. The van der Waals surface area contributed by atoms with Crippen molar-refractivity contribution in [1.29, 1.82) is 0 Å². The standard InChI is InChI=1S/C21H22F2N2O4S2/c1-10-12-7-13(12)18(21(31-10)29-6-5-11(27)8-26)25-19(28)16-9-30-20(24-16)17-14(22)3-2-4-15(17)23/h2-4,9-13,26-27H,5-8H2,1H3,(H,25,28). The van der Waals surface area contributed by atoms with E-state index in [0.29, 0.717) is 22.0 Å². The Morgan fingerprint density at radius 2 is 2.13 bits per heavy atom. The molecule has 166 valence electrons. The van der Waals surface area contributed by atoms with Crippen molar-refractivity contribution >= 4 is 29.0 Å². The summed E-state index contributed by atoms with van der Waals surface area (Å²) >= 11 is 2.53. The number of aliphatic hydroxyl groups excluding tert-OH is 2. The number of ether oxygens (including phenoxy) is 1. The fourth-order valence-corrected chi connectivity index (χ4v) is 5.69. The number of aromatic nitrogens is 1. The zero-order valence-corrected chi connectivity index (χ0v) is 18.3. The van der Waals surface area contributed by atoms with E-state index in [9.17, 15) is 18.7 Å². The maximum absolute atomic E-state index is 14.0. The number of aliphatic hydroxyl groups is 2. The molecule has 1 aliphatic carbocycles. The lowest BCUT2D eigenvalue weighted by molar-refractivity contribution is 0.0669. The maximum Gasteiger partial charge on any atom is 0.275 e. The molecule has 3 N–H and O–H groups in total. The van der Waals surface area contributed by atoms with Gasteiger partial charge in [-0.05, 0) is 24.5 Å². The van der Waals surface area contributed by atoms with Gasteiger partial charge in [0.25, 0.3) is 5.91 Å². The van der Waals surface area contributed by atoms with Gasteiger partial charge in [0.05, 0.1) is 30.6 Å². The number of carbonyl (C=O) groups excluding carboxylic acids is 1. The molecule has 4 atom stereocenters. The smallest absolute Gasteiger partial charge is 0.275 e. The Balaban J connectivity index is 1.51. The van der Waals surface area contributed by atoms with Crippen LogP contribution in [0.15, 0.2) is 34.4 Å². The summed E-state index contributed by atoms with van der Waals surface area (Å²) in [5.74, 6) is -1.30. The van der Waals surface area contributed by atoms with Crippen LogP contribution in [-0.4, -0.2) is 45.7 Å². The Kier molecular flexibility index (Phi) is 6.61. The third-order valence-electron chi connectivity index (χ3n) is 5.38. The summed E-state index contributed by atoms with van der Waals surface area (Å²) in [4.78, 5) is 17.0. The van der Waals surface area contributed by atoms with E-state index < -0.39 is 23.6 Å². The van der Waals surface area contributed by atoms with Crippen LogP contribution in [0.5, 0.6) is 0 Å². The Morgan fingerprint density at radius 3 is 2.84 bits per heavy atom. The largest absolute Gasteiger partial charge is 0.485 e. The first-order valence-corrected chi connectivity index (χ1v) is 11.7. The molecule has 0 bridgehead atoms. The molecule has 2 heterocycles. The highest BCUT2D eigenvalue weighted by atomic mass is 32.2. The summed E-state index contributed by atoms with van der Waals surface area (Å²) in [6.45, 7) is 1.98. The van der Waals surface area contributed by atoms with Crippen LogP contribution in [0, 0.1) is 23.5 Å². The average molecular weight is 469 g/mol. The molecule has 2 aliphatic rings. The third kappa shape index (κ3) is 4.77. The van der Waals surface area contributed by atoms with Crippen molar-refractivity contribution in [3.05, 3.63) is 51.7 Å². The Labute approximate surface area is 186 Å². The molecule has 0 radical (unpaired) electrons. The van der Waals surface area contributed by atoms with Crippen molar-refractivity contribution in [3.63, 3.8) is 0 Å². The number of allylic oxidation sites excluding steroid dienone is 1. The number of nitrogens with zero attached hydrogens (tertiary/aromatic N) is 1. The van der Waals surface area contributed by atoms with Crippen molar-refractivity contribution < 1.29 is 28.5 Å². The van der Waals surface area contributed by atoms with Gasteiger partial charge in [-0.15, -0.1) is 11.3 Å². The summed E-state index contributed by atoms with van der Waals surface area (Å²) in [6, 6.07) is 3.57. The van der Waals surface area contributed by atoms with Crippen LogP contribution in [0.1, 0.15) is 30.3 Å². The number of benzene rings is 1. The number of hydrogen-bond acceptors (Lipinski definition) is 7. The molecule has 0 saturated heterocycles. The quantitative estimate of drug-likeness (QED) is 0.549. The summed E-state index contributed by atoms with van der Waals surface area (Å²) in [6.07, 6.45) is 0.359. The van der Waals surface area contributed by atoms with Gasteiger partial charge in [0.1, 0.15) is 22.3 Å². The van der Waals surface area contributed by atoms with Crippen LogP contribution in [0.25, 0.3) is 10.6 Å². The second-order valence-corrected chi connectivity index (χ2v) is 9.80. The molecule has 1 aliphatic heterocycles. The van der Waals surface area contributed by atoms with Crippen LogP contribution >= 0.6 is 23.1 Å². The molecule has 1 fully saturated rings. The van der Waals surface area contributed by atoms with E-state index in [1.54, 1.807) is 0 Å². The monoisotopic (exact) mass is 468 g/mol. The number of fused-ring (bicyclic) bond motifs is 1. The lowest BCUT2D eigenvalue weighted by Gasteiger charge is -2.24. The second kappa shape index (κ2) is 9.23. The number of thioether (sulfide) groups is 1. The molecule has 4 unspecified atom stereocenters. The molecule has 1 aromatic heterocycles. The van der Waals surface area contributed by atoms with E-state index in [1.165, 1.54) is 23.2 Å². The van der Waals surface area contributed by atoms with E-state index in [4.69, 9.17) is 9.84 Å². The lowest BCUT2D eigenvalue weighted by atomic mass is 10.2. The summed E-state index contributed by atoms with van der Waals surface area (Å²) < 4.78 is 33.9. The average Bonchev–Trinajstić information content (AvgIpc) is 3.41. The van der Waals surface area contributed by atoms with E-state index in [0.717, 1.165) is 29.9 Å². The van der Waals surface area contributed by atoms with Crippen molar-refractivity contribution in [2.75, 3.05) is 13.2 Å². The fraction of sp³-hybridized carbons (Fsp3) is 0.429. The van der Waals surface area contributed by atoms with Gasteiger partial charge >= 0.3 is 0 Å². The zero-order chi connectivity index (χ0) is 22.1. The number of halogens is 2. The summed E-state index contributed by atoms with van der Waals surface area (Å²) in [5.41, 5.74) is 0.510. The van der Waals surface area contributed by atoms with Gasteiger partial charge in [0.2, 0.25) is 0 Å². The summed E-state index contributed by atoms with van der Waals surface area (Å²) in [7, 11) is 0. The molecule has 6 nitrogen and oxygen atoms in total. The van der Waals surface area contributed by atoms with Crippen molar-refractivity contribution in [3.8, 4) is 10.6 Å². The van der Waals surface area contributed by atoms with Gasteiger partial charge < -0.3 is 20.3 Å². The van der Waals surface area contributed by atoms with E-state index >= 15 is 0 Å². The van der Waals surface area contributed by atoms with Gasteiger partial charge in [-0.2, -0.15) is 0 Å². The van der Waals surface area contributed by atoms with Crippen LogP contribution < -0.4 is 5.32 Å². The third-order valence-corrected chi connectivity index (χ3v) is 7.52. The van der Waals surface area contributed by atoms with Crippen molar-refractivity contribution in [2.24, 2.45) is 11.8 Å². The highest BCUT2D eigenvalue weighted by Gasteiger charge is 2.50. The summed E-state index contributed by atoms with van der Waals surface area (Å²) in [5, 5.41) is 23.9. The van der Waals surface area contributed by atoms with Gasteiger partial charge in [-0.3, -0.25) is 4.79 Å². The highest BCUT2D eigenvalue weighted by molar-refractivity contribution is 8.03. The number of rotatable bonds is 8. The molecule has 4 rings (SSSR count). The molecule has 31 heavy (non-hydrogen) atoms. The van der Waals surface area contributed by atoms with E-state index in [-0.39, 0.29) is 41.8 Å². The minimum Gasteiger partial charge on any atom is -0.485 e. The first-order chi connectivity index (χ1) is 14.9. The molecule has 2 aromatic rings. The Morgan fingerprint density at radius 1 is 1.39 bits per heavy atom. The molecular formula is C21H22F2N2O4S2. The van der Waals surface area contributed by atoms with Crippen molar-refractivity contribution in [2.45, 2.75) is 31.1 Å². The second-order valence-electron chi connectivity index (χ2n) is 7.59. The number of carbonyl (C=O) groups is 1. The van der Waals surface area contributed by atoms with E-state index in [1.807, 2.05) is 0 Å². The molecule has 1 amide bonds. The number of hydrogen-bond donors (Lipinski definition) is 3. The Bertz CT molecular complexity index is 993. The molecule has 10 heteroatoms. The predicted octanol–water partition coefficient (Wildman–Crippen LogP) is 3.52. The highest BCUT2D eigenvalue weighted by Crippen LogP contribution is 2.56. The SMILES string of the molecule is CC1SC(OCCC(O)CO)=C(NC(=O)c2csc(-c3c(F)cccc3F)n2)C2CC12. The first kappa shape index (κ1) is 22.2. The van der Waals surface area contributed by atoms with Gasteiger partial charge in [0, 0.05) is 23.0 Å². The molecule has 1 saturated carbocycles. The maximum atomic E-state index is 14.0. The van der Waals surface area contributed by atoms with Gasteiger partial charge in [-0.1, -0.05) is 24.8 Å². The van der Waals surface area contributed by atoms with Crippen LogP contribution in [0.3, 0.4) is 0 Å². The normalized spacial score (nSPS) is 23.3. The van der Waals surface area contributed by atoms with Crippen LogP contribution in [0.4, 0.5) is 8.78 Å². The zero-order valence-electron chi connectivity index (χ0n) is 16.7. The Hall–Kier alpha value is -2.01. The molecular weight excluding hydrogens is 446 g/mol. The molecule has 0 spiro atoms. The van der Waals surface area contributed by atoms with Crippen LogP contribution in [-0.2, 0) is 4.74 Å². The minimum atomic E-state index is -0.856. The molecule has 1 aromatic carbocycles. The fourth-order valence-electron chi connectivity index (χ4n) is 3.55. The number of nitrogens with one attached hydrogen (secondary N) is 1. The topological polar surface area (TPSA) is 91.7 Å². The van der Waals surface area contributed by atoms with Gasteiger partial charge in [0.15, 0.2) is 5.09 Å².